The fourth-order valence-electron chi connectivity index (χ4n) is 4.53. The highest BCUT2D eigenvalue weighted by atomic mass is 19.4. The molecule has 2 amide bonds. The van der Waals surface area contributed by atoms with E-state index >= 15 is 0 Å². The Morgan fingerprint density at radius 1 is 1.15 bits per heavy atom. The van der Waals surface area contributed by atoms with Gasteiger partial charge in [0.15, 0.2) is 0 Å². The summed E-state index contributed by atoms with van der Waals surface area (Å²) in [6.07, 6.45) is -4.68. The number of methoxy groups -OCH3 is 1. The van der Waals surface area contributed by atoms with Gasteiger partial charge in [-0.05, 0) is 49.7 Å². The molecule has 1 aliphatic heterocycles. The first kappa shape index (κ1) is 29.4. The van der Waals surface area contributed by atoms with Gasteiger partial charge in [0.2, 0.25) is 11.8 Å². The van der Waals surface area contributed by atoms with Crippen molar-refractivity contribution in [3.05, 3.63) is 76.5 Å². The second-order valence-corrected chi connectivity index (χ2v) is 8.88. The number of amides is 2. The third-order valence-corrected chi connectivity index (χ3v) is 6.45. The molecule has 0 saturated heterocycles. The van der Waals surface area contributed by atoms with Crippen LogP contribution in [0.25, 0.3) is 0 Å². The van der Waals surface area contributed by atoms with E-state index in [-0.39, 0.29) is 36.7 Å². The fourth-order valence-corrected chi connectivity index (χ4v) is 4.53. The van der Waals surface area contributed by atoms with Crippen LogP contribution in [0, 0.1) is 17.2 Å². The van der Waals surface area contributed by atoms with E-state index < -0.39 is 41.4 Å². The van der Waals surface area contributed by atoms with E-state index in [9.17, 15) is 32.8 Å². The van der Waals surface area contributed by atoms with Crippen molar-refractivity contribution in [2.24, 2.45) is 5.92 Å². The number of nitrogens with zero attached hydrogens (tertiary/aromatic N) is 3. The average molecular weight is 544 g/mol. The molecule has 3 rings (SSSR count). The van der Waals surface area contributed by atoms with Crippen molar-refractivity contribution in [3.8, 4) is 6.07 Å². The van der Waals surface area contributed by atoms with Crippen LogP contribution >= 0.6 is 0 Å². The maximum absolute atomic E-state index is 14.1. The third kappa shape index (κ3) is 6.12. The van der Waals surface area contributed by atoms with Crippen LogP contribution in [0.2, 0.25) is 0 Å². The number of halogens is 3. The molecular weight excluding hydrogens is 515 g/mol. The van der Waals surface area contributed by atoms with Gasteiger partial charge in [0, 0.05) is 38.0 Å². The molecule has 0 radical (unpaired) electrons. The lowest BCUT2D eigenvalue weighted by molar-refractivity contribution is -0.143. The van der Waals surface area contributed by atoms with Gasteiger partial charge in [-0.3, -0.25) is 14.5 Å². The van der Waals surface area contributed by atoms with Crippen LogP contribution in [0.3, 0.4) is 0 Å². The second kappa shape index (κ2) is 12.1. The van der Waals surface area contributed by atoms with Crippen molar-refractivity contribution in [2.45, 2.75) is 25.9 Å². The van der Waals surface area contributed by atoms with Gasteiger partial charge >= 0.3 is 12.1 Å². The number of rotatable bonds is 8. The first-order chi connectivity index (χ1) is 18.5. The number of carbonyl (C=O) groups excluding carboxylic acids is 3. The first-order valence-corrected chi connectivity index (χ1v) is 12.1. The highest BCUT2D eigenvalue weighted by Crippen LogP contribution is 2.44. The number of hydrogen-bond acceptors (Lipinski definition) is 6. The van der Waals surface area contributed by atoms with Gasteiger partial charge in [-0.2, -0.15) is 18.4 Å². The molecule has 1 heterocycles. The number of alkyl halides is 3. The van der Waals surface area contributed by atoms with E-state index in [2.05, 4.69) is 0 Å². The summed E-state index contributed by atoms with van der Waals surface area (Å²) >= 11 is 0. The minimum atomic E-state index is -4.68. The van der Waals surface area contributed by atoms with Crippen LogP contribution in [0.15, 0.2) is 59.8 Å². The monoisotopic (exact) mass is 543 g/mol. The van der Waals surface area contributed by atoms with Gasteiger partial charge in [0.25, 0.3) is 0 Å². The zero-order valence-corrected chi connectivity index (χ0v) is 21.9. The zero-order chi connectivity index (χ0) is 28.9. The fraction of sp³-hybridized carbons (Fsp3) is 0.357. The molecule has 0 fully saturated rings. The molecule has 2 atom stereocenters. The van der Waals surface area contributed by atoms with E-state index in [1.54, 1.807) is 19.1 Å². The molecule has 2 aromatic rings. The van der Waals surface area contributed by atoms with Crippen molar-refractivity contribution < 1.29 is 37.0 Å². The van der Waals surface area contributed by atoms with E-state index in [0.29, 0.717) is 11.1 Å². The predicted octanol–water partition coefficient (Wildman–Crippen LogP) is 4.27. The molecule has 0 bridgehead atoms. The summed E-state index contributed by atoms with van der Waals surface area (Å²) in [6.45, 7) is 3.29. The topological polar surface area (TPSA) is 99.9 Å². The number of carbonyl (C=O) groups is 3. The Kier molecular flexibility index (Phi) is 9.14. The maximum atomic E-state index is 14.1. The van der Waals surface area contributed by atoms with Crippen molar-refractivity contribution in [1.29, 1.82) is 5.26 Å². The van der Waals surface area contributed by atoms with Gasteiger partial charge in [-0.1, -0.05) is 18.2 Å². The SMILES string of the molecule is CCOC(=O)C1=C(C)N(c2cccc(C(F)(F)F)c2)C(=O)C(C(=O)N(C)CCOC)C1c1ccc(C#N)cc1. The van der Waals surface area contributed by atoms with Gasteiger partial charge in [-0.15, -0.1) is 0 Å². The Morgan fingerprint density at radius 3 is 2.38 bits per heavy atom. The molecule has 39 heavy (non-hydrogen) atoms. The molecule has 0 aliphatic carbocycles. The molecule has 1 aliphatic rings. The Bertz CT molecular complexity index is 1310. The molecule has 206 valence electrons. The minimum Gasteiger partial charge on any atom is -0.463 e. The third-order valence-electron chi connectivity index (χ3n) is 6.45. The maximum Gasteiger partial charge on any atom is 0.416 e. The number of esters is 1. The molecule has 2 aromatic carbocycles. The summed E-state index contributed by atoms with van der Waals surface area (Å²) in [5, 5.41) is 9.22. The lowest BCUT2D eigenvalue weighted by Gasteiger charge is -2.40. The smallest absolute Gasteiger partial charge is 0.416 e. The Morgan fingerprint density at radius 2 is 1.82 bits per heavy atom. The zero-order valence-electron chi connectivity index (χ0n) is 21.9. The Balaban J connectivity index is 2.31. The van der Waals surface area contributed by atoms with E-state index in [0.717, 1.165) is 23.1 Å². The highest BCUT2D eigenvalue weighted by molar-refractivity contribution is 6.14. The van der Waals surface area contributed by atoms with E-state index in [4.69, 9.17) is 9.47 Å². The number of allylic oxidation sites excluding steroid dienone is 1. The Hall–Kier alpha value is -4.17. The van der Waals surface area contributed by atoms with Crippen molar-refractivity contribution in [2.75, 3.05) is 38.8 Å². The number of ether oxygens (including phenoxy) is 2. The van der Waals surface area contributed by atoms with Crippen LogP contribution in [-0.2, 0) is 30.0 Å². The summed E-state index contributed by atoms with van der Waals surface area (Å²) in [7, 11) is 2.91. The van der Waals surface area contributed by atoms with Gasteiger partial charge in [0.1, 0.15) is 5.92 Å². The average Bonchev–Trinajstić information content (AvgIpc) is 2.91. The lowest BCUT2D eigenvalue weighted by atomic mass is 9.75. The highest BCUT2D eigenvalue weighted by Gasteiger charge is 2.49. The van der Waals surface area contributed by atoms with Crippen LogP contribution in [0.4, 0.5) is 18.9 Å². The Labute approximate surface area is 224 Å². The van der Waals surface area contributed by atoms with Crippen molar-refractivity contribution in [3.63, 3.8) is 0 Å². The van der Waals surface area contributed by atoms with Gasteiger partial charge in [0.05, 0.1) is 36.0 Å². The van der Waals surface area contributed by atoms with Crippen LogP contribution in [0.1, 0.15) is 36.5 Å². The molecule has 8 nitrogen and oxygen atoms in total. The summed E-state index contributed by atoms with van der Waals surface area (Å²) < 4.78 is 50.9. The number of nitriles is 1. The summed E-state index contributed by atoms with van der Waals surface area (Å²) in [4.78, 5) is 43.4. The number of benzene rings is 2. The van der Waals surface area contributed by atoms with Crippen LogP contribution in [0.5, 0.6) is 0 Å². The summed E-state index contributed by atoms with van der Waals surface area (Å²) in [5.41, 5.74) is -0.429. The van der Waals surface area contributed by atoms with Gasteiger partial charge < -0.3 is 14.4 Å². The molecule has 11 heteroatoms. The van der Waals surface area contributed by atoms with Gasteiger partial charge in [-0.25, -0.2) is 4.79 Å². The minimum absolute atomic E-state index is 0.0143. The molecule has 0 spiro atoms. The van der Waals surface area contributed by atoms with Crippen molar-refractivity contribution >= 4 is 23.5 Å². The summed E-state index contributed by atoms with van der Waals surface area (Å²) in [6, 6.07) is 12.2. The van der Waals surface area contributed by atoms with E-state index in [1.807, 2.05) is 6.07 Å². The lowest BCUT2D eigenvalue weighted by Crippen LogP contribution is -2.51. The number of hydrogen-bond donors (Lipinski definition) is 0. The second-order valence-electron chi connectivity index (χ2n) is 8.88. The number of anilines is 1. The predicted molar refractivity (Wildman–Crippen MR) is 135 cm³/mol. The standard InChI is InChI=1S/C28H28F3N3O5/c1-5-39-27(37)22-17(2)34(21-8-6-7-20(15-21)28(29,30)31)26(36)24(25(35)33(3)13-14-38-4)23(22)19-11-9-18(16-32)10-12-19/h6-12,15,23-24H,5,13-14H2,1-4H3. The van der Waals surface area contributed by atoms with E-state index in [1.165, 1.54) is 44.2 Å². The normalized spacial score (nSPS) is 17.6. The first-order valence-electron chi connectivity index (χ1n) is 12.1. The molecular formula is C28H28F3N3O5. The van der Waals surface area contributed by atoms with Crippen LogP contribution in [-0.4, -0.2) is 56.6 Å². The molecule has 0 saturated carbocycles. The summed E-state index contributed by atoms with van der Waals surface area (Å²) in [5.74, 6) is -4.91. The largest absolute Gasteiger partial charge is 0.463 e. The van der Waals surface area contributed by atoms with Crippen molar-refractivity contribution in [1.82, 2.24) is 4.90 Å². The van der Waals surface area contributed by atoms with Crippen LogP contribution < -0.4 is 4.90 Å². The molecule has 0 aromatic heterocycles. The number of likely N-dealkylation sites (N-methyl/N-ethyl adjacent to an activating group) is 1. The molecule has 2 unspecified atom stereocenters. The quantitative estimate of drug-likeness (QED) is 0.364. The molecule has 0 N–H and O–H groups in total.